The van der Waals surface area contributed by atoms with E-state index in [-0.39, 0.29) is 30.0 Å². The van der Waals surface area contributed by atoms with E-state index in [0.717, 1.165) is 67.5 Å². The highest BCUT2D eigenvalue weighted by Gasteiger charge is 2.23. The molecule has 1 aromatic carbocycles. The number of halogens is 2. The quantitative estimate of drug-likeness (QED) is 0.305. The van der Waals surface area contributed by atoms with Crippen molar-refractivity contribution >= 4 is 52.9 Å². The number of morpholine rings is 1. The summed E-state index contributed by atoms with van der Waals surface area (Å²) in [6, 6.07) is 8.32. The second kappa shape index (κ2) is 12.8. The van der Waals surface area contributed by atoms with Gasteiger partial charge in [-0.05, 0) is 31.5 Å². The van der Waals surface area contributed by atoms with Crippen LogP contribution in [0.25, 0.3) is 0 Å². The minimum absolute atomic E-state index is 0. The van der Waals surface area contributed by atoms with E-state index in [4.69, 9.17) is 16.3 Å². The lowest BCUT2D eigenvalue weighted by Gasteiger charge is -2.35. The van der Waals surface area contributed by atoms with Gasteiger partial charge in [-0.3, -0.25) is 9.89 Å². The summed E-state index contributed by atoms with van der Waals surface area (Å²) in [5.41, 5.74) is 2.33. The largest absolute Gasteiger partial charge is 0.379 e. The summed E-state index contributed by atoms with van der Waals surface area (Å²) in [5, 5.41) is 8.81. The number of nitrogens with one attached hydrogen (secondary N) is 2. The van der Waals surface area contributed by atoms with Crippen molar-refractivity contribution in [2.24, 2.45) is 4.99 Å². The zero-order valence-electron chi connectivity index (χ0n) is 17.8. The molecule has 0 aliphatic carbocycles. The van der Waals surface area contributed by atoms with Gasteiger partial charge < -0.3 is 15.4 Å². The number of hydrogen-bond acceptors (Lipinski definition) is 5. The van der Waals surface area contributed by atoms with Gasteiger partial charge in [0.1, 0.15) is 0 Å². The monoisotopic (exact) mass is 563 g/mol. The fourth-order valence-corrected chi connectivity index (χ4v) is 4.54. The fraction of sp³-hybridized carbons (Fsp3) is 0.524. The Labute approximate surface area is 205 Å². The first-order valence-corrected chi connectivity index (χ1v) is 11.2. The van der Waals surface area contributed by atoms with Crippen LogP contribution >= 0.6 is 46.9 Å². The molecule has 0 radical (unpaired) electrons. The maximum Gasteiger partial charge on any atom is 0.191 e. The predicted molar refractivity (Wildman–Crippen MR) is 137 cm³/mol. The molecule has 0 bridgehead atoms. The summed E-state index contributed by atoms with van der Waals surface area (Å²) >= 11 is 8.02. The van der Waals surface area contributed by atoms with Crippen LogP contribution in [0, 0.1) is 13.8 Å². The van der Waals surface area contributed by atoms with Crippen molar-refractivity contribution in [1.29, 1.82) is 0 Å². The van der Waals surface area contributed by atoms with Crippen LogP contribution in [0.3, 0.4) is 0 Å². The summed E-state index contributed by atoms with van der Waals surface area (Å²) in [5.74, 6) is 0.801. The Kier molecular flexibility index (Phi) is 10.8. The lowest BCUT2D eigenvalue weighted by atomic mass is 10.0. The van der Waals surface area contributed by atoms with Crippen LogP contribution in [0.5, 0.6) is 0 Å². The van der Waals surface area contributed by atoms with Gasteiger partial charge in [-0.25, -0.2) is 4.98 Å². The number of nitrogens with zero attached hydrogens (tertiary/aromatic N) is 3. The molecule has 0 amide bonds. The normalized spacial score (nSPS) is 16.1. The molecule has 1 saturated heterocycles. The van der Waals surface area contributed by atoms with E-state index in [0.29, 0.717) is 0 Å². The molecule has 2 aromatic rings. The van der Waals surface area contributed by atoms with Crippen LogP contribution in [-0.2, 0) is 11.2 Å². The van der Waals surface area contributed by atoms with Gasteiger partial charge >= 0.3 is 0 Å². The molecule has 2 heterocycles. The van der Waals surface area contributed by atoms with Crippen molar-refractivity contribution in [3.05, 3.63) is 50.4 Å². The Morgan fingerprint density at radius 1 is 1.30 bits per heavy atom. The Morgan fingerprint density at radius 2 is 2.07 bits per heavy atom. The topological polar surface area (TPSA) is 61.8 Å². The summed E-state index contributed by atoms with van der Waals surface area (Å²) < 4.78 is 5.53. The predicted octanol–water partition coefficient (Wildman–Crippen LogP) is 3.81. The maximum absolute atomic E-state index is 6.25. The molecule has 2 N–H and O–H groups in total. The molecule has 9 heteroatoms. The molecule has 0 saturated carbocycles. The van der Waals surface area contributed by atoms with Crippen LogP contribution in [-0.4, -0.2) is 62.3 Å². The molecule has 0 spiro atoms. The number of aromatic nitrogens is 1. The number of thiazole rings is 1. The molecule has 3 rings (SSSR count). The third-order valence-corrected chi connectivity index (χ3v) is 6.48. The summed E-state index contributed by atoms with van der Waals surface area (Å²) in [6.07, 6.45) is 0.890. The van der Waals surface area contributed by atoms with Crippen LogP contribution in [0.4, 0.5) is 0 Å². The van der Waals surface area contributed by atoms with Gasteiger partial charge in [0.05, 0.1) is 30.0 Å². The first-order chi connectivity index (χ1) is 14.1. The molecule has 1 aliphatic heterocycles. The van der Waals surface area contributed by atoms with Crippen molar-refractivity contribution in [3.8, 4) is 0 Å². The highest BCUT2D eigenvalue weighted by Crippen LogP contribution is 2.24. The average Bonchev–Trinajstić information content (AvgIpc) is 3.05. The maximum atomic E-state index is 6.25. The lowest BCUT2D eigenvalue weighted by Crippen LogP contribution is -2.46. The molecule has 1 fully saturated rings. The highest BCUT2D eigenvalue weighted by molar-refractivity contribution is 14.0. The van der Waals surface area contributed by atoms with Gasteiger partial charge in [-0.2, -0.15) is 0 Å². The van der Waals surface area contributed by atoms with Crippen molar-refractivity contribution in [2.45, 2.75) is 26.3 Å². The van der Waals surface area contributed by atoms with Crippen molar-refractivity contribution in [1.82, 2.24) is 20.5 Å². The van der Waals surface area contributed by atoms with Gasteiger partial charge in [0, 0.05) is 49.5 Å². The summed E-state index contributed by atoms with van der Waals surface area (Å²) in [7, 11) is 1.80. The minimum atomic E-state index is 0. The van der Waals surface area contributed by atoms with Gasteiger partial charge in [0.25, 0.3) is 0 Å². The number of aliphatic imine (C=N–C) groups is 1. The lowest BCUT2D eigenvalue weighted by molar-refractivity contribution is 0.0170. The number of benzene rings is 1. The smallest absolute Gasteiger partial charge is 0.191 e. The number of aryl methyl sites for hydroxylation is 2. The van der Waals surface area contributed by atoms with E-state index in [1.54, 1.807) is 18.4 Å². The Balaban J connectivity index is 0.00000320. The van der Waals surface area contributed by atoms with Crippen LogP contribution < -0.4 is 10.6 Å². The highest BCUT2D eigenvalue weighted by atomic mass is 127. The second-order valence-electron chi connectivity index (χ2n) is 7.10. The first-order valence-electron chi connectivity index (χ1n) is 10.0. The fourth-order valence-electron chi connectivity index (χ4n) is 3.41. The number of guanidine groups is 1. The van der Waals surface area contributed by atoms with Gasteiger partial charge in [0.15, 0.2) is 5.96 Å². The zero-order chi connectivity index (χ0) is 20.6. The SMILES string of the molecule is CN=C(NCCc1nc(C)c(C)s1)NCC(c1cccc(Cl)c1)N1CCOCC1.I. The summed E-state index contributed by atoms with van der Waals surface area (Å²) in [6.45, 7) is 9.06. The molecule has 6 nitrogen and oxygen atoms in total. The molecule has 1 unspecified atom stereocenters. The van der Waals surface area contributed by atoms with E-state index >= 15 is 0 Å². The Hall–Kier alpha value is -0.940. The van der Waals surface area contributed by atoms with Crippen LogP contribution in [0.2, 0.25) is 5.02 Å². The second-order valence-corrected chi connectivity index (χ2v) is 8.82. The van der Waals surface area contributed by atoms with Crippen LogP contribution in [0.15, 0.2) is 29.3 Å². The van der Waals surface area contributed by atoms with Crippen molar-refractivity contribution < 1.29 is 4.74 Å². The van der Waals surface area contributed by atoms with E-state index < -0.39 is 0 Å². The Bertz CT molecular complexity index is 806. The van der Waals surface area contributed by atoms with Gasteiger partial charge in [-0.1, -0.05) is 23.7 Å². The Morgan fingerprint density at radius 3 is 2.70 bits per heavy atom. The van der Waals surface area contributed by atoms with E-state index in [9.17, 15) is 0 Å². The van der Waals surface area contributed by atoms with Gasteiger partial charge in [-0.15, -0.1) is 35.3 Å². The van der Waals surface area contributed by atoms with Gasteiger partial charge in [0.2, 0.25) is 0 Å². The molecular weight excluding hydrogens is 533 g/mol. The number of rotatable bonds is 7. The van der Waals surface area contributed by atoms with Crippen LogP contribution in [0.1, 0.15) is 27.2 Å². The third kappa shape index (κ3) is 7.33. The number of hydrogen-bond donors (Lipinski definition) is 2. The summed E-state index contributed by atoms with van der Waals surface area (Å²) in [4.78, 5) is 12.7. The molecule has 1 aromatic heterocycles. The minimum Gasteiger partial charge on any atom is -0.379 e. The molecule has 30 heavy (non-hydrogen) atoms. The molecule has 166 valence electrons. The average molecular weight is 564 g/mol. The first kappa shape index (κ1) is 25.3. The molecule has 1 aliphatic rings. The van der Waals surface area contributed by atoms with E-state index in [1.165, 1.54) is 10.4 Å². The standard InChI is InChI=1S/C21H30ClN5OS.HI/c1-15-16(2)29-20(26-15)7-8-24-21(23-3)25-14-19(27-9-11-28-12-10-27)17-5-4-6-18(22)13-17;/h4-6,13,19H,7-12,14H2,1-3H3,(H2,23,24,25);1H. The third-order valence-electron chi connectivity index (χ3n) is 5.11. The van der Waals surface area contributed by atoms with E-state index in [1.807, 2.05) is 18.2 Å². The molecule has 1 atom stereocenters. The number of ether oxygens (including phenoxy) is 1. The van der Waals surface area contributed by atoms with Crippen molar-refractivity contribution in [3.63, 3.8) is 0 Å². The zero-order valence-corrected chi connectivity index (χ0v) is 21.7. The van der Waals surface area contributed by atoms with E-state index in [2.05, 4.69) is 45.4 Å². The molecular formula is C21H31ClIN5OS. The van der Waals surface area contributed by atoms with Crippen molar-refractivity contribution in [2.75, 3.05) is 46.4 Å².